The maximum absolute atomic E-state index is 14.0. The highest BCUT2D eigenvalue weighted by Gasteiger charge is 2.35. The Labute approximate surface area is 256 Å². The van der Waals surface area contributed by atoms with Gasteiger partial charge in [0.2, 0.25) is 11.7 Å². The minimum absolute atomic E-state index is 0.175. The molecule has 44 heavy (non-hydrogen) atoms. The smallest absolute Gasteiger partial charge is 0.251 e. The lowest BCUT2D eigenvalue weighted by atomic mass is 10.0. The van der Waals surface area contributed by atoms with Crippen LogP contribution in [0.1, 0.15) is 38.1 Å². The van der Waals surface area contributed by atoms with Gasteiger partial charge in [-0.1, -0.05) is 6.07 Å². The Morgan fingerprint density at radius 2 is 1.59 bits per heavy atom. The van der Waals surface area contributed by atoms with Crippen LogP contribution in [-0.4, -0.2) is 77.4 Å². The Morgan fingerprint density at radius 1 is 0.932 bits per heavy atom. The first-order valence-corrected chi connectivity index (χ1v) is 13.9. The third-order valence-corrected chi connectivity index (χ3v) is 6.65. The first kappa shape index (κ1) is 31.9. The van der Waals surface area contributed by atoms with Gasteiger partial charge in [-0.25, -0.2) is 0 Å². The van der Waals surface area contributed by atoms with Gasteiger partial charge in [0.05, 0.1) is 34.7 Å². The van der Waals surface area contributed by atoms with Gasteiger partial charge in [0, 0.05) is 17.6 Å². The van der Waals surface area contributed by atoms with E-state index < -0.39 is 17.5 Å². The zero-order chi connectivity index (χ0) is 31.9. The van der Waals surface area contributed by atoms with E-state index >= 15 is 0 Å². The lowest BCUT2D eigenvalue weighted by Gasteiger charge is -2.32. The molecule has 0 saturated carbocycles. The summed E-state index contributed by atoms with van der Waals surface area (Å²) in [5.74, 6) is 2.04. The Bertz CT molecular complexity index is 1560. The van der Waals surface area contributed by atoms with E-state index in [0.717, 1.165) is 5.56 Å². The molecule has 2 heterocycles. The van der Waals surface area contributed by atoms with E-state index in [1.165, 1.54) is 23.1 Å². The Kier molecular flexibility index (Phi) is 10.1. The fraction of sp³-hybridized carbons (Fsp3) is 0.387. The Morgan fingerprint density at radius 3 is 2.20 bits per heavy atom. The zero-order valence-electron chi connectivity index (χ0n) is 26.0. The molecule has 2 amide bonds. The number of ether oxygens (including phenoxy) is 4. The van der Waals surface area contributed by atoms with Crippen LogP contribution in [0.4, 0.5) is 0 Å². The van der Waals surface area contributed by atoms with Crippen LogP contribution in [0.15, 0.2) is 59.2 Å². The number of tetrazole rings is 1. The normalized spacial score (nSPS) is 11.9. The lowest BCUT2D eigenvalue weighted by Crippen LogP contribution is -2.50. The molecule has 0 saturated heterocycles. The first-order chi connectivity index (χ1) is 21.1. The molecule has 13 heteroatoms. The number of hydrogen-bond acceptors (Lipinski definition) is 10. The van der Waals surface area contributed by atoms with Crippen molar-refractivity contribution in [2.75, 3.05) is 35.0 Å². The molecule has 2 aromatic carbocycles. The minimum Gasteiger partial charge on any atom is -0.493 e. The van der Waals surface area contributed by atoms with E-state index in [9.17, 15) is 9.59 Å². The average Bonchev–Trinajstić information content (AvgIpc) is 3.70. The SMILES string of the molecule is COc1ccc(CCN(C(=O)Cn2nnc(-c3ccc(OC)c(OC)c3)n2)C(C(=O)NC(C)(C)C)c2ccco2)cc1OC. The molecular formula is C31H38N6O7. The number of benzene rings is 2. The van der Waals surface area contributed by atoms with Gasteiger partial charge in [0.25, 0.3) is 5.91 Å². The third-order valence-electron chi connectivity index (χ3n) is 6.65. The largest absolute Gasteiger partial charge is 0.493 e. The van der Waals surface area contributed by atoms with Gasteiger partial charge >= 0.3 is 0 Å². The van der Waals surface area contributed by atoms with E-state index in [1.807, 2.05) is 32.9 Å². The van der Waals surface area contributed by atoms with Crippen LogP contribution >= 0.6 is 0 Å². The van der Waals surface area contributed by atoms with Gasteiger partial charge in [-0.2, -0.15) is 4.80 Å². The van der Waals surface area contributed by atoms with Gasteiger partial charge in [-0.3, -0.25) is 9.59 Å². The summed E-state index contributed by atoms with van der Waals surface area (Å²) in [5.41, 5.74) is 0.955. The summed E-state index contributed by atoms with van der Waals surface area (Å²) in [6.45, 7) is 5.51. The number of hydrogen-bond donors (Lipinski definition) is 1. The average molecular weight is 607 g/mol. The number of nitrogens with zero attached hydrogens (tertiary/aromatic N) is 5. The standard InChI is InChI=1S/C31H38N6O7/c1-31(2,3)32-30(39)28(24-9-8-16-44-24)36(15-14-20-10-12-22(40-4)25(17-20)42-6)27(38)19-37-34-29(33-35-37)21-11-13-23(41-5)26(18-21)43-7/h8-13,16-18,28H,14-15,19H2,1-7H3,(H,32,39). The van der Waals surface area contributed by atoms with Crippen molar-refractivity contribution < 1.29 is 33.0 Å². The molecule has 0 aliphatic carbocycles. The topological polar surface area (TPSA) is 143 Å². The fourth-order valence-corrected chi connectivity index (χ4v) is 4.61. The molecule has 0 spiro atoms. The van der Waals surface area contributed by atoms with E-state index in [2.05, 4.69) is 20.7 Å². The number of nitrogens with one attached hydrogen (secondary N) is 1. The van der Waals surface area contributed by atoms with Crippen LogP contribution in [0.2, 0.25) is 0 Å². The number of aromatic nitrogens is 4. The molecule has 0 radical (unpaired) electrons. The summed E-state index contributed by atoms with van der Waals surface area (Å²) in [4.78, 5) is 30.3. The van der Waals surface area contributed by atoms with Gasteiger partial charge in [-0.05, 0) is 80.4 Å². The number of rotatable bonds is 13. The van der Waals surface area contributed by atoms with Crippen LogP contribution in [-0.2, 0) is 22.6 Å². The van der Waals surface area contributed by atoms with Crippen molar-refractivity contribution in [2.24, 2.45) is 0 Å². The lowest BCUT2D eigenvalue weighted by molar-refractivity contribution is -0.143. The molecule has 4 rings (SSSR count). The second-order valence-corrected chi connectivity index (χ2v) is 10.9. The second kappa shape index (κ2) is 13.9. The molecule has 0 aliphatic rings. The molecular weight excluding hydrogens is 568 g/mol. The molecule has 0 fully saturated rings. The molecule has 1 N–H and O–H groups in total. The van der Waals surface area contributed by atoms with Crippen molar-refractivity contribution in [3.8, 4) is 34.4 Å². The van der Waals surface area contributed by atoms with Gasteiger partial charge < -0.3 is 33.6 Å². The van der Waals surface area contributed by atoms with Crippen molar-refractivity contribution in [1.82, 2.24) is 30.4 Å². The van der Waals surface area contributed by atoms with Gasteiger partial charge in [-0.15, -0.1) is 10.2 Å². The highest BCUT2D eigenvalue weighted by atomic mass is 16.5. The molecule has 2 aromatic heterocycles. The van der Waals surface area contributed by atoms with Crippen LogP contribution in [0.3, 0.4) is 0 Å². The number of furan rings is 1. The van der Waals surface area contributed by atoms with Crippen LogP contribution in [0.25, 0.3) is 11.4 Å². The first-order valence-electron chi connectivity index (χ1n) is 13.9. The molecule has 0 bridgehead atoms. The van der Waals surface area contributed by atoms with E-state index in [4.69, 9.17) is 23.4 Å². The number of carbonyl (C=O) groups excluding carboxylic acids is 2. The highest BCUT2D eigenvalue weighted by Crippen LogP contribution is 2.31. The highest BCUT2D eigenvalue weighted by molar-refractivity contribution is 5.88. The molecule has 234 valence electrons. The van der Waals surface area contributed by atoms with Crippen molar-refractivity contribution in [2.45, 2.75) is 45.3 Å². The Balaban J connectivity index is 1.64. The summed E-state index contributed by atoms with van der Waals surface area (Å²) in [5, 5.41) is 15.6. The third kappa shape index (κ3) is 7.65. The molecule has 13 nitrogen and oxygen atoms in total. The molecule has 0 aliphatic heterocycles. The van der Waals surface area contributed by atoms with Crippen LogP contribution in [0, 0.1) is 0 Å². The second-order valence-electron chi connectivity index (χ2n) is 10.9. The van der Waals surface area contributed by atoms with Crippen molar-refractivity contribution in [1.29, 1.82) is 0 Å². The monoisotopic (exact) mass is 606 g/mol. The van der Waals surface area contributed by atoms with Crippen molar-refractivity contribution >= 4 is 11.8 Å². The summed E-state index contributed by atoms with van der Waals surface area (Å²) in [6.07, 6.45) is 1.88. The summed E-state index contributed by atoms with van der Waals surface area (Å²) >= 11 is 0. The molecule has 1 atom stereocenters. The summed E-state index contributed by atoms with van der Waals surface area (Å²) in [6, 6.07) is 13.0. The quantitative estimate of drug-likeness (QED) is 0.239. The molecule has 1 unspecified atom stereocenters. The number of methoxy groups -OCH3 is 4. The van der Waals surface area contributed by atoms with Crippen molar-refractivity contribution in [3.63, 3.8) is 0 Å². The fourth-order valence-electron chi connectivity index (χ4n) is 4.61. The minimum atomic E-state index is -1.05. The maximum atomic E-state index is 14.0. The summed E-state index contributed by atoms with van der Waals surface area (Å²) in [7, 11) is 6.20. The molecule has 4 aromatic rings. The maximum Gasteiger partial charge on any atom is 0.251 e. The number of carbonyl (C=O) groups is 2. The van der Waals surface area contributed by atoms with Crippen LogP contribution in [0.5, 0.6) is 23.0 Å². The van der Waals surface area contributed by atoms with E-state index in [-0.39, 0.29) is 19.0 Å². The predicted octanol–water partition coefficient (Wildman–Crippen LogP) is 3.69. The number of amides is 2. The zero-order valence-corrected chi connectivity index (χ0v) is 26.0. The van der Waals surface area contributed by atoms with Crippen LogP contribution < -0.4 is 24.3 Å². The van der Waals surface area contributed by atoms with Crippen molar-refractivity contribution in [3.05, 3.63) is 66.1 Å². The van der Waals surface area contributed by atoms with Gasteiger partial charge in [0.1, 0.15) is 12.3 Å². The predicted molar refractivity (Wildman–Crippen MR) is 161 cm³/mol. The van der Waals surface area contributed by atoms with Gasteiger partial charge in [0.15, 0.2) is 29.0 Å². The Hall–Kier alpha value is -5.07. The van der Waals surface area contributed by atoms with E-state index in [0.29, 0.717) is 46.6 Å². The van der Waals surface area contributed by atoms with E-state index in [1.54, 1.807) is 57.7 Å². The summed E-state index contributed by atoms with van der Waals surface area (Å²) < 4.78 is 27.2.